The second-order valence-corrected chi connectivity index (χ2v) is 0.805. The number of hydrogen-bond acceptors (Lipinski definition) is 0. The fourth-order valence-electron chi connectivity index (χ4n) is 0.136. The minimum Gasteiger partial charge on any atom is -0.0917 e. The van der Waals surface area contributed by atoms with Gasteiger partial charge in [0, 0.05) is 0 Å². The van der Waals surface area contributed by atoms with Crippen molar-refractivity contribution in [3.05, 3.63) is 19.1 Å². The molecular formula is C5H8. The fourth-order valence-corrected chi connectivity index (χ4v) is 0.136. The van der Waals surface area contributed by atoms with Crippen molar-refractivity contribution in [3.8, 4) is 0 Å². The van der Waals surface area contributed by atoms with Crippen LogP contribution in [0.3, 0.4) is 0 Å². The van der Waals surface area contributed by atoms with Gasteiger partial charge in [-0.25, -0.2) is 0 Å². The van der Waals surface area contributed by atoms with E-state index in [1.165, 1.54) is 0 Å². The molecule has 5 heavy (non-hydrogen) atoms. The average molecular weight is 68.1 g/mol. The van der Waals surface area contributed by atoms with Crippen molar-refractivity contribution in [1.29, 1.82) is 0 Å². The van der Waals surface area contributed by atoms with Gasteiger partial charge in [0.05, 0.1) is 0 Å². The van der Waals surface area contributed by atoms with Crippen LogP contribution in [-0.2, 0) is 0 Å². The third-order valence-corrected chi connectivity index (χ3v) is 0.372. The molecule has 2 radical (unpaired) electrons. The standard InChI is InChI=1S/C5H8/c1-3-5-4-2/h1,4-5H,3H2,2H3/b5-4+. The van der Waals surface area contributed by atoms with Crippen molar-refractivity contribution in [3.63, 3.8) is 0 Å². The summed E-state index contributed by atoms with van der Waals surface area (Å²) in [6, 6.07) is 0. The van der Waals surface area contributed by atoms with E-state index in [0.29, 0.717) is 6.42 Å². The molecule has 0 rings (SSSR count). The van der Waals surface area contributed by atoms with E-state index in [9.17, 15) is 0 Å². The summed E-state index contributed by atoms with van der Waals surface area (Å²) < 4.78 is 0. The smallest absolute Gasteiger partial charge is 0.0311 e. The Balaban J connectivity index is 2.62. The Morgan fingerprint density at radius 2 is 2.40 bits per heavy atom. The molecule has 0 saturated heterocycles. The van der Waals surface area contributed by atoms with Crippen LogP contribution in [0.1, 0.15) is 13.3 Å². The van der Waals surface area contributed by atoms with Crippen LogP contribution in [0.2, 0.25) is 0 Å². The zero-order chi connectivity index (χ0) is 4.12. The van der Waals surface area contributed by atoms with Crippen LogP contribution in [0.15, 0.2) is 12.2 Å². The summed E-state index contributed by atoms with van der Waals surface area (Å²) >= 11 is 0. The van der Waals surface area contributed by atoms with Gasteiger partial charge in [-0.05, 0) is 20.3 Å². The lowest BCUT2D eigenvalue weighted by Gasteiger charge is -1.64. The normalized spacial score (nSPS) is 10.0. The minimum atomic E-state index is 0.663. The van der Waals surface area contributed by atoms with Gasteiger partial charge >= 0.3 is 0 Å². The topological polar surface area (TPSA) is 0 Å². The Labute approximate surface area is 33.5 Å². The first kappa shape index (κ1) is 4.74. The maximum Gasteiger partial charge on any atom is -0.0311 e. The summed E-state index contributed by atoms with van der Waals surface area (Å²) in [6.07, 6.45) is 4.50. The fraction of sp³-hybridized carbons (Fsp3) is 0.400. The molecule has 0 aliphatic heterocycles. The predicted molar refractivity (Wildman–Crippen MR) is 23.7 cm³/mol. The van der Waals surface area contributed by atoms with Crippen LogP contribution < -0.4 is 0 Å². The highest BCUT2D eigenvalue weighted by molar-refractivity contribution is 4.76. The van der Waals surface area contributed by atoms with Crippen LogP contribution >= 0.6 is 0 Å². The molecule has 0 N–H and O–H groups in total. The van der Waals surface area contributed by atoms with E-state index in [2.05, 4.69) is 0 Å². The van der Waals surface area contributed by atoms with Gasteiger partial charge in [-0.15, -0.1) is 0 Å². The second kappa shape index (κ2) is 3.74. The molecular weight excluding hydrogens is 60.1 g/mol. The van der Waals surface area contributed by atoms with E-state index in [4.69, 9.17) is 6.92 Å². The van der Waals surface area contributed by atoms with E-state index >= 15 is 0 Å². The van der Waals surface area contributed by atoms with Crippen molar-refractivity contribution in [2.75, 3.05) is 0 Å². The van der Waals surface area contributed by atoms with E-state index in [-0.39, 0.29) is 0 Å². The molecule has 28 valence electrons. The first-order chi connectivity index (χ1) is 2.41. The van der Waals surface area contributed by atoms with Gasteiger partial charge < -0.3 is 0 Å². The largest absolute Gasteiger partial charge is 0.0917 e. The molecule has 0 bridgehead atoms. The summed E-state index contributed by atoms with van der Waals surface area (Å²) in [4.78, 5) is 0. The maximum atomic E-state index is 5.05. The molecule has 0 aromatic carbocycles. The van der Waals surface area contributed by atoms with E-state index in [0.717, 1.165) is 0 Å². The average Bonchev–Trinajstić information content (AvgIpc) is 1.41. The third kappa shape index (κ3) is 3.74. The molecule has 0 atom stereocenters. The summed E-state index contributed by atoms with van der Waals surface area (Å²) in [5, 5.41) is 0. The monoisotopic (exact) mass is 68.1 g/mol. The Bertz CT molecular complexity index is 27.0. The molecule has 0 heteroatoms. The Kier molecular flexibility index (Phi) is 3.55. The molecule has 0 aliphatic carbocycles. The van der Waals surface area contributed by atoms with Crippen molar-refractivity contribution in [1.82, 2.24) is 0 Å². The SMILES string of the molecule is [CH]C/C=C/C. The van der Waals surface area contributed by atoms with Gasteiger partial charge in [0.15, 0.2) is 0 Å². The highest BCUT2D eigenvalue weighted by Gasteiger charge is 1.52. The lowest BCUT2D eigenvalue weighted by atomic mass is 10.4. The van der Waals surface area contributed by atoms with Gasteiger partial charge in [-0.2, -0.15) is 0 Å². The highest BCUT2D eigenvalue weighted by atomic mass is 13.6. The van der Waals surface area contributed by atoms with Crippen molar-refractivity contribution in [2.45, 2.75) is 13.3 Å². The summed E-state index contributed by atoms with van der Waals surface area (Å²) in [5.74, 6) is 0. The lowest BCUT2D eigenvalue weighted by Crippen LogP contribution is -1.44. The number of hydrogen-bond donors (Lipinski definition) is 0. The Morgan fingerprint density at radius 3 is 2.40 bits per heavy atom. The van der Waals surface area contributed by atoms with Crippen molar-refractivity contribution < 1.29 is 0 Å². The van der Waals surface area contributed by atoms with Gasteiger partial charge in [0.25, 0.3) is 0 Å². The molecule has 0 aromatic heterocycles. The van der Waals surface area contributed by atoms with Gasteiger partial charge in [0.2, 0.25) is 0 Å². The zero-order valence-electron chi connectivity index (χ0n) is 3.44. The molecule has 0 aliphatic rings. The second-order valence-electron chi connectivity index (χ2n) is 0.805. The molecule has 0 fully saturated rings. The van der Waals surface area contributed by atoms with Crippen LogP contribution in [0, 0.1) is 6.92 Å². The minimum absolute atomic E-state index is 0.663. The van der Waals surface area contributed by atoms with Gasteiger partial charge in [0.1, 0.15) is 0 Å². The Morgan fingerprint density at radius 1 is 1.80 bits per heavy atom. The van der Waals surface area contributed by atoms with E-state index in [1.807, 2.05) is 19.1 Å². The van der Waals surface area contributed by atoms with Gasteiger partial charge in [-0.3, -0.25) is 0 Å². The number of allylic oxidation sites excluding steroid dienone is 2. The van der Waals surface area contributed by atoms with Crippen molar-refractivity contribution in [2.24, 2.45) is 0 Å². The molecule has 0 heterocycles. The molecule has 0 aromatic rings. The Hall–Kier alpha value is -0.260. The highest BCUT2D eigenvalue weighted by Crippen LogP contribution is 1.72. The quantitative estimate of drug-likeness (QED) is 0.410. The summed E-state index contributed by atoms with van der Waals surface area (Å²) in [7, 11) is 0. The van der Waals surface area contributed by atoms with Crippen LogP contribution in [0.5, 0.6) is 0 Å². The maximum absolute atomic E-state index is 5.05. The summed E-state index contributed by atoms with van der Waals surface area (Å²) in [6.45, 7) is 7.00. The van der Waals surface area contributed by atoms with Crippen LogP contribution in [0.25, 0.3) is 0 Å². The van der Waals surface area contributed by atoms with Crippen molar-refractivity contribution >= 4 is 0 Å². The first-order valence-electron chi connectivity index (χ1n) is 1.73. The molecule has 0 nitrogen and oxygen atoms in total. The molecule has 0 unspecified atom stereocenters. The van der Waals surface area contributed by atoms with Gasteiger partial charge in [-0.1, -0.05) is 12.2 Å². The lowest BCUT2D eigenvalue weighted by molar-refractivity contribution is 1.39. The van der Waals surface area contributed by atoms with Crippen LogP contribution in [0.4, 0.5) is 0 Å². The number of rotatable bonds is 1. The molecule has 0 amide bonds. The molecule has 0 saturated carbocycles. The van der Waals surface area contributed by atoms with E-state index in [1.54, 1.807) is 0 Å². The van der Waals surface area contributed by atoms with Crippen LogP contribution in [-0.4, -0.2) is 0 Å². The first-order valence-corrected chi connectivity index (χ1v) is 1.73. The molecule has 0 spiro atoms. The zero-order valence-corrected chi connectivity index (χ0v) is 3.44. The predicted octanol–water partition coefficient (Wildman–Crippen LogP) is 1.66. The van der Waals surface area contributed by atoms with E-state index < -0.39 is 0 Å². The summed E-state index contributed by atoms with van der Waals surface area (Å²) in [5.41, 5.74) is 0. The third-order valence-electron chi connectivity index (χ3n) is 0.372.